The number of anilines is 1. The van der Waals surface area contributed by atoms with Gasteiger partial charge in [0.2, 0.25) is 0 Å². The lowest BCUT2D eigenvalue weighted by Gasteiger charge is -2.07. The lowest BCUT2D eigenvalue weighted by Crippen LogP contribution is -2.23. The van der Waals surface area contributed by atoms with Gasteiger partial charge in [-0.1, -0.05) is 39.3 Å². The largest absolute Gasteiger partial charge is 0.370 e. The van der Waals surface area contributed by atoms with Gasteiger partial charge in [0, 0.05) is 12.2 Å². The molecule has 1 rings (SSSR count). The van der Waals surface area contributed by atoms with Crippen LogP contribution in [0, 0.1) is 5.92 Å². The van der Waals surface area contributed by atoms with Crippen LogP contribution in [0.4, 0.5) is 5.69 Å². The van der Waals surface area contributed by atoms with Crippen molar-refractivity contribution in [1.29, 1.82) is 0 Å². The quantitative estimate of drug-likeness (QED) is 0.598. The number of nitrogens with two attached hydrogens (primary N) is 1. The number of unbranched alkanes of at least 4 members (excludes halogenated alkanes) is 1. The van der Waals surface area contributed by atoms with Crippen molar-refractivity contribution in [2.75, 3.05) is 11.9 Å². The standard InChI is InChI=1S/C15H25N3/c1-4-5-6-13-7-9-14(10-8-13)18-15(16)17-11-12(2)3/h7-10,12H,4-6,11H2,1-3H3,(H3,16,17,18). The number of aryl methyl sites for hydroxylation is 1. The summed E-state index contributed by atoms with van der Waals surface area (Å²) in [5.41, 5.74) is 8.19. The van der Waals surface area contributed by atoms with Crippen molar-refractivity contribution in [3.05, 3.63) is 29.8 Å². The van der Waals surface area contributed by atoms with Crippen LogP contribution < -0.4 is 11.1 Å². The molecule has 1 aromatic rings. The minimum absolute atomic E-state index is 0.491. The molecule has 100 valence electrons. The van der Waals surface area contributed by atoms with Gasteiger partial charge in [0.15, 0.2) is 5.96 Å². The van der Waals surface area contributed by atoms with E-state index < -0.39 is 0 Å². The average Bonchev–Trinajstić information content (AvgIpc) is 2.35. The number of hydrogen-bond donors (Lipinski definition) is 2. The van der Waals surface area contributed by atoms with Crippen molar-refractivity contribution in [3.8, 4) is 0 Å². The lowest BCUT2D eigenvalue weighted by atomic mass is 10.1. The number of nitrogens with one attached hydrogen (secondary N) is 1. The Morgan fingerprint density at radius 2 is 1.94 bits per heavy atom. The van der Waals surface area contributed by atoms with E-state index in [-0.39, 0.29) is 0 Å². The molecular weight excluding hydrogens is 222 g/mol. The second-order valence-corrected chi connectivity index (χ2v) is 5.05. The van der Waals surface area contributed by atoms with E-state index in [0.29, 0.717) is 11.9 Å². The molecule has 3 N–H and O–H groups in total. The highest BCUT2D eigenvalue weighted by molar-refractivity contribution is 5.92. The average molecular weight is 247 g/mol. The molecule has 0 aliphatic carbocycles. The highest BCUT2D eigenvalue weighted by Gasteiger charge is 1.97. The summed E-state index contributed by atoms with van der Waals surface area (Å²) in [5.74, 6) is 1.02. The minimum atomic E-state index is 0.491. The molecule has 0 saturated heterocycles. The third-order valence-corrected chi connectivity index (χ3v) is 2.67. The number of guanidine groups is 1. The van der Waals surface area contributed by atoms with Gasteiger partial charge in [-0.3, -0.25) is 4.99 Å². The highest BCUT2D eigenvalue weighted by atomic mass is 15.1. The van der Waals surface area contributed by atoms with Gasteiger partial charge in [0.05, 0.1) is 0 Å². The molecule has 0 atom stereocenters. The Morgan fingerprint density at radius 3 is 2.50 bits per heavy atom. The molecule has 0 unspecified atom stereocenters. The smallest absolute Gasteiger partial charge is 0.193 e. The summed E-state index contributed by atoms with van der Waals surface area (Å²) in [6.07, 6.45) is 3.62. The fourth-order valence-electron chi connectivity index (χ4n) is 1.60. The van der Waals surface area contributed by atoms with Crippen molar-refractivity contribution in [2.45, 2.75) is 40.0 Å². The molecule has 0 aromatic heterocycles. The first-order valence-electron chi connectivity index (χ1n) is 6.77. The Labute approximate surface area is 111 Å². The summed E-state index contributed by atoms with van der Waals surface area (Å²) in [4.78, 5) is 4.27. The van der Waals surface area contributed by atoms with E-state index in [1.54, 1.807) is 0 Å². The van der Waals surface area contributed by atoms with E-state index in [1.807, 2.05) is 0 Å². The SMILES string of the molecule is CCCCc1ccc(NC(N)=NCC(C)C)cc1. The third-order valence-electron chi connectivity index (χ3n) is 2.67. The molecule has 0 aliphatic rings. The molecule has 0 bridgehead atoms. The van der Waals surface area contributed by atoms with Crippen molar-refractivity contribution in [2.24, 2.45) is 16.6 Å². The Bertz CT molecular complexity index is 366. The summed E-state index contributed by atoms with van der Waals surface area (Å²) >= 11 is 0. The first-order chi connectivity index (χ1) is 8.61. The second-order valence-electron chi connectivity index (χ2n) is 5.05. The van der Waals surface area contributed by atoms with E-state index in [2.05, 4.69) is 55.3 Å². The van der Waals surface area contributed by atoms with Crippen LogP contribution in [0.3, 0.4) is 0 Å². The molecule has 1 aromatic carbocycles. The van der Waals surface area contributed by atoms with Gasteiger partial charge in [-0.25, -0.2) is 0 Å². The fraction of sp³-hybridized carbons (Fsp3) is 0.533. The monoisotopic (exact) mass is 247 g/mol. The number of aliphatic imine (C=N–C) groups is 1. The predicted molar refractivity (Wildman–Crippen MR) is 80.0 cm³/mol. The molecule has 0 spiro atoms. The van der Waals surface area contributed by atoms with Gasteiger partial charge >= 0.3 is 0 Å². The number of hydrogen-bond acceptors (Lipinski definition) is 1. The summed E-state index contributed by atoms with van der Waals surface area (Å²) in [6.45, 7) is 7.22. The molecule has 0 radical (unpaired) electrons. The molecular formula is C15H25N3. The van der Waals surface area contributed by atoms with Crippen LogP contribution >= 0.6 is 0 Å². The zero-order chi connectivity index (χ0) is 13.4. The maximum atomic E-state index is 5.81. The number of benzene rings is 1. The number of nitrogens with zero attached hydrogens (tertiary/aromatic N) is 1. The van der Waals surface area contributed by atoms with Crippen molar-refractivity contribution in [3.63, 3.8) is 0 Å². The van der Waals surface area contributed by atoms with E-state index >= 15 is 0 Å². The molecule has 3 nitrogen and oxygen atoms in total. The van der Waals surface area contributed by atoms with Gasteiger partial charge in [-0.2, -0.15) is 0 Å². The molecule has 0 amide bonds. The van der Waals surface area contributed by atoms with E-state index in [0.717, 1.165) is 18.7 Å². The fourth-order valence-corrected chi connectivity index (χ4v) is 1.60. The van der Waals surface area contributed by atoms with Gasteiger partial charge < -0.3 is 11.1 Å². The second kappa shape index (κ2) is 7.75. The third kappa shape index (κ3) is 5.71. The van der Waals surface area contributed by atoms with Crippen molar-refractivity contribution in [1.82, 2.24) is 0 Å². The van der Waals surface area contributed by atoms with Gasteiger partial charge in [0.25, 0.3) is 0 Å². The Kier molecular flexibility index (Phi) is 6.26. The summed E-state index contributed by atoms with van der Waals surface area (Å²) in [5, 5.41) is 3.11. The first kappa shape index (κ1) is 14.6. The molecule has 0 heterocycles. The minimum Gasteiger partial charge on any atom is -0.370 e. The molecule has 0 aliphatic heterocycles. The topological polar surface area (TPSA) is 50.4 Å². The van der Waals surface area contributed by atoms with E-state index in [9.17, 15) is 0 Å². The Morgan fingerprint density at radius 1 is 1.28 bits per heavy atom. The van der Waals surface area contributed by atoms with E-state index in [4.69, 9.17) is 5.73 Å². The summed E-state index contributed by atoms with van der Waals surface area (Å²) < 4.78 is 0. The van der Waals surface area contributed by atoms with Gasteiger partial charge in [0.1, 0.15) is 0 Å². The van der Waals surface area contributed by atoms with Crippen molar-refractivity contribution >= 4 is 11.6 Å². The van der Waals surface area contributed by atoms with Crippen LogP contribution in [0.25, 0.3) is 0 Å². The first-order valence-corrected chi connectivity index (χ1v) is 6.77. The van der Waals surface area contributed by atoms with Crippen molar-refractivity contribution < 1.29 is 0 Å². The van der Waals surface area contributed by atoms with Crippen LogP contribution in [-0.2, 0) is 6.42 Å². The lowest BCUT2D eigenvalue weighted by molar-refractivity contribution is 0.665. The maximum absolute atomic E-state index is 5.81. The molecule has 0 saturated carbocycles. The van der Waals surface area contributed by atoms with Gasteiger partial charge in [-0.15, -0.1) is 0 Å². The van der Waals surface area contributed by atoms with Crippen LogP contribution in [0.2, 0.25) is 0 Å². The molecule has 3 heteroatoms. The highest BCUT2D eigenvalue weighted by Crippen LogP contribution is 2.11. The summed E-state index contributed by atoms with van der Waals surface area (Å²) in [6, 6.07) is 8.41. The molecule has 0 fully saturated rings. The van der Waals surface area contributed by atoms with Crippen LogP contribution in [0.5, 0.6) is 0 Å². The summed E-state index contributed by atoms with van der Waals surface area (Å²) in [7, 11) is 0. The van der Waals surface area contributed by atoms with Crippen LogP contribution in [-0.4, -0.2) is 12.5 Å². The predicted octanol–water partition coefficient (Wildman–Crippen LogP) is 3.41. The number of rotatable bonds is 6. The zero-order valence-corrected chi connectivity index (χ0v) is 11.7. The van der Waals surface area contributed by atoms with Crippen LogP contribution in [0.1, 0.15) is 39.2 Å². The molecule has 18 heavy (non-hydrogen) atoms. The normalized spacial score (nSPS) is 11.9. The van der Waals surface area contributed by atoms with E-state index in [1.165, 1.54) is 18.4 Å². The zero-order valence-electron chi connectivity index (χ0n) is 11.7. The van der Waals surface area contributed by atoms with Crippen LogP contribution in [0.15, 0.2) is 29.3 Å². The Hall–Kier alpha value is -1.51. The Balaban J connectivity index is 2.50. The van der Waals surface area contributed by atoms with Gasteiger partial charge in [-0.05, 0) is 36.5 Å². The maximum Gasteiger partial charge on any atom is 0.193 e.